The quantitative estimate of drug-likeness (QED) is 0.221. The molecule has 0 aliphatic carbocycles. The molecule has 1 rings (SSSR count). The molecule has 0 unspecified atom stereocenters. The predicted molar refractivity (Wildman–Crippen MR) is 104 cm³/mol. The Kier molecular flexibility index (Phi) is 14.7. The van der Waals surface area contributed by atoms with Crippen LogP contribution in [0.5, 0.6) is 0 Å². The number of carbonyl (C=O) groups is 2. The third kappa shape index (κ3) is 11.5. The molecule has 0 bridgehead atoms. The number of aromatic nitrogens is 2. The largest absolute Gasteiger partial charge is 1.00 e. The second-order valence-electron chi connectivity index (χ2n) is 6.39. The second kappa shape index (κ2) is 14.0. The molecule has 0 fully saturated rings. The third-order valence-corrected chi connectivity index (χ3v) is 4.82. The minimum atomic E-state index is -4.52. The molecule has 0 saturated heterocycles. The molecule has 1 aromatic rings. The average Bonchev–Trinajstić information content (AvgIpc) is 2.57. The minimum Gasteiger partial charge on any atom is -0.748 e. The van der Waals surface area contributed by atoms with Gasteiger partial charge in [0.15, 0.2) is 23.0 Å². The van der Waals surface area contributed by atoms with Crippen molar-refractivity contribution in [3.05, 3.63) is 11.4 Å². The van der Waals surface area contributed by atoms with Crippen LogP contribution in [0.3, 0.4) is 0 Å². The van der Waals surface area contributed by atoms with Gasteiger partial charge in [-0.25, -0.2) is 26.8 Å². The summed E-state index contributed by atoms with van der Waals surface area (Å²) in [4.78, 5) is 35.9. The Morgan fingerprint density at radius 2 is 1.03 bits per heavy atom. The number of rotatable bonds is 10. The predicted octanol–water partition coefficient (Wildman–Crippen LogP) is -8.83. The van der Waals surface area contributed by atoms with E-state index in [2.05, 4.69) is 20.6 Å². The molecule has 2 N–H and O–H groups in total. The number of anilines is 2. The standard InChI is InChI=1S/C14H24N6O8S2.2Na/c1-19(2)11-9(13(21)15-5-7-29(23,24)25)18-12(20(3)4)10(17-11)14(22)16-6-8-30(26,27)28;;/h5-8H2,1-4H3,(H,15,21)(H,16,22)(H,23,24,25)(H,26,27,28);;/q;2*+1/p-2. The van der Waals surface area contributed by atoms with Crippen molar-refractivity contribution in [1.82, 2.24) is 20.6 Å². The van der Waals surface area contributed by atoms with E-state index in [0.29, 0.717) is 0 Å². The smallest absolute Gasteiger partial charge is 0.748 e. The van der Waals surface area contributed by atoms with Gasteiger partial charge in [0.2, 0.25) is 0 Å². The maximum Gasteiger partial charge on any atom is 1.00 e. The molecule has 0 aliphatic heterocycles. The Labute approximate surface area is 231 Å². The summed E-state index contributed by atoms with van der Waals surface area (Å²) in [5.74, 6) is -3.33. The summed E-state index contributed by atoms with van der Waals surface area (Å²) < 4.78 is 64.1. The molecule has 0 radical (unpaired) electrons. The Balaban J connectivity index is 0. The minimum absolute atomic E-state index is 0. The van der Waals surface area contributed by atoms with Crippen LogP contribution in [-0.2, 0) is 20.2 Å². The van der Waals surface area contributed by atoms with Gasteiger partial charge in [0.05, 0.1) is 31.7 Å². The molecule has 0 aromatic carbocycles. The van der Waals surface area contributed by atoms with E-state index >= 15 is 0 Å². The topological polar surface area (TPSA) is 205 Å². The fraction of sp³-hybridized carbons (Fsp3) is 0.571. The molecule has 0 aliphatic rings. The zero-order chi connectivity index (χ0) is 23.3. The second-order valence-corrected chi connectivity index (χ2v) is 9.44. The van der Waals surface area contributed by atoms with Gasteiger partial charge in [0.25, 0.3) is 11.8 Å². The summed E-state index contributed by atoms with van der Waals surface area (Å²) in [6, 6.07) is 0. The van der Waals surface area contributed by atoms with Crippen LogP contribution in [0, 0.1) is 0 Å². The molecular weight excluding hydrogens is 490 g/mol. The maximum atomic E-state index is 12.4. The Morgan fingerprint density at radius 3 is 1.25 bits per heavy atom. The Hall–Kier alpha value is -0.560. The van der Waals surface area contributed by atoms with E-state index in [1.54, 1.807) is 0 Å². The third-order valence-electron chi connectivity index (χ3n) is 3.41. The van der Waals surface area contributed by atoms with Crippen molar-refractivity contribution >= 4 is 43.7 Å². The van der Waals surface area contributed by atoms with E-state index < -0.39 is 56.6 Å². The number of hydrogen-bond donors (Lipinski definition) is 2. The van der Waals surface area contributed by atoms with Gasteiger partial charge in [0, 0.05) is 41.3 Å². The van der Waals surface area contributed by atoms with Crippen LogP contribution < -0.4 is 79.5 Å². The Morgan fingerprint density at radius 1 is 0.750 bits per heavy atom. The van der Waals surface area contributed by atoms with Crippen molar-refractivity contribution in [2.24, 2.45) is 0 Å². The van der Waals surface area contributed by atoms with Crippen LogP contribution in [-0.4, -0.2) is 101 Å². The molecule has 170 valence electrons. The first-order chi connectivity index (χ1) is 13.6. The monoisotopic (exact) mass is 512 g/mol. The zero-order valence-corrected chi connectivity index (χ0v) is 24.3. The summed E-state index contributed by atoms with van der Waals surface area (Å²) in [5.41, 5.74) is -0.462. The van der Waals surface area contributed by atoms with E-state index in [9.17, 15) is 35.5 Å². The van der Waals surface area contributed by atoms with E-state index in [-0.39, 0.29) is 82.1 Å². The number of hydrogen-bond acceptors (Lipinski definition) is 12. The first-order valence-electron chi connectivity index (χ1n) is 8.32. The molecule has 0 saturated carbocycles. The van der Waals surface area contributed by atoms with Crippen molar-refractivity contribution in [3.63, 3.8) is 0 Å². The van der Waals surface area contributed by atoms with Crippen LogP contribution in [0.1, 0.15) is 21.0 Å². The molecule has 0 spiro atoms. The summed E-state index contributed by atoms with van der Waals surface area (Å²) in [6.07, 6.45) is 0. The van der Waals surface area contributed by atoms with Gasteiger partial charge in [-0.3, -0.25) is 9.59 Å². The number of nitrogens with zero attached hydrogens (tertiary/aromatic N) is 4. The van der Waals surface area contributed by atoms with Crippen LogP contribution in [0.4, 0.5) is 11.6 Å². The van der Waals surface area contributed by atoms with E-state index in [4.69, 9.17) is 0 Å². The molecule has 1 aromatic heterocycles. The first kappa shape index (κ1) is 33.6. The summed E-state index contributed by atoms with van der Waals surface area (Å²) in [5, 5.41) is 4.50. The first-order valence-corrected chi connectivity index (χ1v) is 11.5. The van der Waals surface area contributed by atoms with E-state index in [0.717, 1.165) is 0 Å². The van der Waals surface area contributed by atoms with E-state index in [1.165, 1.54) is 38.0 Å². The number of nitrogens with one attached hydrogen (secondary N) is 2. The summed E-state index contributed by atoms with van der Waals surface area (Å²) in [7, 11) is -2.98. The van der Waals surface area contributed by atoms with Gasteiger partial charge in [0.1, 0.15) is 0 Å². The van der Waals surface area contributed by atoms with Gasteiger partial charge in [-0.2, -0.15) is 0 Å². The Bertz CT molecular complexity index is 937. The summed E-state index contributed by atoms with van der Waals surface area (Å²) >= 11 is 0. The van der Waals surface area contributed by atoms with Crippen molar-refractivity contribution in [2.45, 2.75) is 0 Å². The summed E-state index contributed by atoms with van der Waals surface area (Å²) in [6.45, 7) is -0.884. The van der Waals surface area contributed by atoms with Crippen molar-refractivity contribution in [3.8, 4) is 0 Å². The van der Waals surface area contributed by atoms with Gasteiger partial charge in [-0.1, -0.05) is 0 Å². The van der Waals surface area contributed by atoms with Gasteiger partial charge < -0.3 is 29.5 Å². The molecule has 0 atom stereocenters. The SMILES string of the molecule is CN(C)c1nc(C(=O)NCCS(=O)(=O)[O-])c(N(C)C)nc1C(=O)NCCS(=O)(=O)[O-].[Na+].[Na+]. The van der Waals surface area contributed by atoms with E-state index in [1.807, 2.05) is 0 Å². The molecular formula is C14H22N6Na2O8S2. The van der Waals surface area contributed by atoms with Crippen LogP contribution >= 0.6 is 0 Å². The van der Waals surface area contributed by atoms with Crippen LogP contribution in [0.2, 0.25) is 0 Å². The number of amides is 2. The van der Waals surface area contributed by atoms with Crippen LogP contribution in [0.25, 0.3) is 0 Å². The van der Waals surface area contributed by atoms with Gasteiger partial charge >= 0.3 is 59.1 Å². The fourth-order valence-electron chi connectivity index (χ4n) is 2.09. The zero-order valence-electron chi connectivity index (χ0n) is 18.7. The molecule has 32 heavy (non-hydrogen) atoms. The molecule has 18 heteroatoms. The maximum absolute atomic E-state index is 12.4. The molecule has 14 nitrogen and oxygen atoms in total. The van der Waals surface area contributed by atoms with Crippen LogP contribution in [0.15, 0.2) is 0 Å². The van der Waals surface area contributed by atoms with Gasteiger partial charge in [-0.05, 0) is 0 Å². The molecule has 2 amide bonds. The van der Waals surface area contributed by atoms with Crippen molar-refractivity contribution in [1.29, 1.82) is 0 Å². The normalized spacial score (nSPS) is 10.9. The van der Waals surface area contributed by atoms with Crippen molar-refractivity contribution < 1.29 is 94.6 Å². The average molecular weight is 512 g/mol. The fourth-order valence-corrected chi connectivity index (χ4v) is 2.80. The van der Waals surface area contributed by atoms with Crippen molar-refractivity contribution in [2.75, 3.05) is 62.6 Å². The molecule has 1 heterocycles. The van der Waals surface area contributed by atoms with Gasteiger partial charge in [-0.15, -0.1) is 0 Å². The number of carbonyl (C=O) groups excluding carboxylic acids is 2.